The molecular weight excluding hydrogens is 282 g/mol. The summed E-state index contributed by atoms with van der Waals surface area (Å²) in [6, 6.07) is 8.88. The number of thiazole rings is 1. The van der Waals surface area contributed by atoms with Crippen LogP contribution in [0.25, 0.3) is 4.96 Å². The first-order chi connectivity index (χ1) is 10.3. The largest absolute Gasteiger partial charge is 0.390 e. The van der Waals surface area contributed by atoms with Crippen LogP contribution in [0.4, 0.5) is 11.5 Å². The molecule has 0 spiro atoms. The van der Waals surface area contributed by atoms with Crippen molar-refractivity contribution in [2.24, 2.45) is 0 Å². The molecule has 0 bridgehead atoms. The zero-order valence-electron chi connectivity index (χ0n) is 11.9. The SMILES string of the molecule is CC1CCc2ccccc2N1c1nc2sccn2c1CO. The number of aryl methyl sites for hydroxylation is 1. The Labute approximate surface area is 127 Å². The van der Waals surface area contributed by atoms with Crippen LogP contribution >= 0.6 is 11.3 Å². The Kier molecular flexibility index (Phi) is 2.97. The van der Waals surface area contributed by atoms with Crippen molar-refractivity contribution in [3.63, 3.8) is 0 Å². The molecule has 1 aromatic carbocycles. The molecule has 1 atom stereocenters. The van der Waals surface area contributed by atoms with Gasteiger partial charge in [-0.2, -0.15) is 0 Å². The maximum Gasteiger partial charge on any atom is 0.195 e. The fourth-order valence-electron chi connectivity index (χ4n) is 3.17. The van der Waals surface area contributed by atoms with Gasteiger partial charge in [0, 0.05) is 23.3 Å². The Morgan fingerprint density at radius 2 is 2.24 bits per heavy atom. The minimum absolute atomic E-state index is 0.00137. The Morgan fingerprint density at radius 1 is 1.38 bits per heavy atom. The summed E-state index contributed by atoms with van der Waals surface area (Å²) in [6.07, 6.45) is 4.18. The fraction of sp³-hybridized carbons (Fsp3) is 0.312. The monoisotopic (exact) mass is 299 g/mol. The molecule has 5 heteroatoms. The van der Waals surface area contributed by atoms with Crippen molar-refractivity contribution in [1.29, 1.82) is 0 Å². The smallest absolute Gasteiger partial charge is 0.195 e. The van der Waals surface area contributed by atoms with Crippen LogP contribution in [0, 0.1) is 0 Å². The lowest BCUT2D eigenvalue weighted by atomic mass is 9.96. The van der Waals surface area contributed by atoms with Gasteiger partial charge in [0.15, 0.2) is 10.8 Å². The number of aliphatic hydroxyl groups is 1. The second kappa shape index (κ2) is 4.86. The van der Waals surface area contributed by atoms with E-state index >= 15 is 0 Å². The second-order valence-corrected chi connectivity index (χ2v) is 6.36. The molecule has 1 aliphatic rings. The van der Waals surface area contributed by atoms with Crippen LogP contribution < -0.4 is 4.90 Å². The Bertz CT molecular complexity index is 792. The summed E-state index contributed by atoms with van der Waals surface area (Å²) in [5, 5.41) is 11.8. The summed E-state index contributed by atoms with van der Waals surface area (Å²) >= 11 is 1.60. The Morgan fingerprint density at radius 3 is 3.10 bits per heavy atom. The minimum atomic E-state index is -0.00137. The molecular formula is C16H17N3OS. The summed E-state index contributed by atoms with van der Waals surface area (Å²) in [7, 11) is 0. The van der Waals surface area contributed by atoms with Crippen LogP contribution in [0.5, 0.6) is 0 Å². The first-order valence-electron chi connectivity index (χ1n) is 7.22. The van der Waals surface area contributed by atoms with Crippen molar-refractivity contribution >= 4 is 27.8 Å². The predicted octanol–water partition coefficient (Wildman–Crippen LogP) is 3.36. The van der Waals surface area contributed by atoms with E-state index in [0.717, 1.165) is 29.3 Å². The molecule has 4 nitrogen and oxygen atoms in total. The van der Waals surface area contributed by atoms with Crippen molar-refractivity contribution in [3.05, 3.63) is 47.1 Å². The zero-order chi connectivity index (χ0) is 14.4. The number of anilines is 2. The first kappa shape index (κ1) is 12.9. The van der Waals surface area contributed by atoms with Crippen LogP contribution in [0.2, 0.25) is 0 Å². The maximum atomic E-state index is 9.81. The summed E-state index contributed by atoms with van der Waals surface area (Å²) < 4.78 is 1.99. The Balaban J connectivity index is 1.93. The van der Waals surface area contributed by atoms with Crippen LogP contribution in [-0.2, 0) is 13.0 Å². The van der Waals surface area contributed by atoms with Gasteiger partial charge in [0.1, 0.15) is 0 Å². The zero-order valence-corrected chi connectivity index (χ0v) is 12.7. The number of benzene rings is 1. The van der Waals surface area contributed by atoms with Crippen molar-refractivity contribution in [1.82, 2.24) is 9.38 Å². The van der Waals surface area contributed by atoms with Crippen LogP contribution in [0.3, 0.4) is 0 Å². The second-order valence-electron chi connectivity index (χ2n) is 5.48. The molecule has 4 rings (SSSR count). The molecule has 0 saturated heterocycles. The van der Waals surface area contributed by atoms with Crippen LogP contribution in [0.1, 0.15) is 24.6 Å². The third kappa shape index (κ3) is 1.88. The van der Waals surface area contributed by atoms with E-state index in [4.69, 9.17) is 4.98 Å². The fourth-order valence-corrected chi connectivity index (χ4v) is 3.90. The molecule has 3 heterocycles. The standard InChI is InChI=1S/C16H17N3OS/c1-11-6-7-12-4-2-3-5-13(12)19(11)15-14(10-20)18-8-9-21-16(18)17-15/h2-5,8-9,11,20H,6-7,10H2,1H3. The number of hydrogen-bond donors (Lipinski definition) is 1. The highest BCUT2D eigenvalue weighted by Crippen LogP contribution is 2.38. The molecule has 108 valence electrons. The van der Waals surface area contributed by atoms with Crippen molar-refractivity contribution in [2.45, 2.75) is 32.4 Å². The van der Waals surface area contributed by atoms with Gasteiger partial charge in [0.05, 0.1) is 12.3 Å². The van der Waals surface area contributed by atoms with E-state index in [2.05, 4.69) is 36.1 Å². The number of nitrogens with zero attached hydrogens (tertiary/aromatic N) is 3. The van der Waals surface area contributed by atoms with Gasteiger partial charge in [0.25, 0.3) is 0 Å². The lowest BCUT2D eigenvalue weighted by Gasteiger charge is -2.36. The maximum absolute atomic E-state index is 9.81. The van der Waals surface area contributed by atoms with E-state index in [1.54, 1.807) is 11.3 Å². The summed E-state index contributed by atoms with van der Waals surface area (Å²) in [5.41, 5.74) is 3.45. The highest BCUT2D eigenvalue weighted by molar-refractivity contribution is 7.15. The average molecular weight is 299 g/mol. The molecule has 0 aliphatic carbocycles. The molecule has 0 amide bonds. The van der Waals surface area contributed by atoms with Crippen LogP contribution in [0.15, 0.2) is 35.8 Å². The minimum Gasteiger partial charge on any atom is -0.390 e. The summed E-state index contributed by atoms with van der Waals surface area (Å²) in [6.45, 7) is 2.23. The molecule has 1 N–H and O–H groups in total. The van der Waals surface area contributed by atoms with Gasteiger partial charge >= 0.3 is 0 Å². The van der Waals surface area contributed by atoms with Gasteiger partial charge < -0.3 is 10.0 Å². The lowest BCUT2D eigenvalue weighted by Crippen LogP contribution is -2.34. The summed E-state index contributed by atoms with van der Waals surface area (Å²) in [4.78, 5) is 7.98. The number of aromatic nitrogens is 2. The topological polar surface area (TPSA) is 40.8 Å². The quantitative estimate of drug-likeness (QED) is 0.789. The average Bonchev–Trinajstić information content (AvgIpc) is 3.07. The van der Waals surface area contributed by atoms with Crippen molar-refractivity contribution < 1.29 is 5.11 Å². The highest BCUT2D eigenvalue weighted by Gasteiger charge is 2.28. The highest BCUT2D eigenvalue weighted by atomic mass is 32.1. The number of rotatable bonds is 2. The third-order valence-corrected chi connectivity index (χ3v) is 5.00. The normalized spacial score (nSPS) is 18.2. The summed E-state index contributed by atoms with van der Waals surface area (Å²) in [5.74, 6) is 0.893. The molecule has 0 saturated carbocycles. The van der Waals surface area contributed by atoms with E-state index in [1.807, 2.05) is 16.0 Å². The van der Waals surface area contributed by atoms with Gasteiger partial charge in [-0.25, -0.2) is 4.98 Å². The Hall–Kier alpha value is -1.85. The van der Waals surface area contributed by atoms with E-state index in [-0.39, 0.29) is 6.61 Å². The number of para-hydroxylation sites is 1. The number of hydrogen-bond acceptors (Lipinski definition) is 4. The molecule has 1 unspecified atom stereocenters. The molecule has 3 aromatic rings. The van der Waals surface area contributed by atoms with E-state index < -0.39 is 0 Å². The lowest BCUT2D eigenvalue weighted by molar-refractivity contribution is 0.276. The molecule has 0 radical (unpaired) electrons. The van der Waals surface area contributed by atoms with E-state index in [0.29, 0.717) is 6.04 Å². The molecule has 0 fully saturated rings. The van der Waals surface area contributed by atoms with Gasteiger partial charge in [-0.05, 0) is 31.4 Å². The number of aliphatic hydroxyl groups excluding tert-OH is 1. The van der Waals surface area contributed by atoms with Gasteiger partial charge in [-0.3, -0.25) is 4.40 Å². The first-order valence-corrected chi connectivity index (χ1v) is 8.10. The molecule has 2 aromatic heterocycles. The van der Waals surface area contributed by atoms with E-state index in [9.17, 15) is 5.11 Å². The van der Waals surface area contributed by atoms with E-state index in [1.165, 1.54) is 11.3 Å². The van der Waals surface area contributed by atoms with Crippen molar-refractivity contribution in [3.8, 4) is 0 Å². The van der Waals surface area contributed by atoms with Gasteiger partial charge in [0.2, 0.25) is 0 Å². The van der Waals surface area contributed by atoms with Gasteiger partial charge in [-0.1, -0.05) is 18.2 Å². The third-order valence-electron chi connectivity index (χ3n) is 4.24. The molecule has 1 aliphatic heterocycles. The van der Waals surface area contributed by atoms with Crippen LogP contribution in [-0.4, -0.2) is 20.5 Å². The number of imidazole rings is 1. The predicted molar refractivity (Wildman–Crippen MR) is 85.4 cm³/mol. The van der Waals surface area contributed by atoms with Gasteiger partial charge in [-0.15, -0.1) is 11.3 Å². The van der Waals surface area contributed by atoms with Crippen molar-refractivity contribution in [2.75, 3.05) is 4.90 Å². The molecule has 21 heavy (non-hydrogen) atoms. The number of fused-ring (bicyclic) bond motifs is 2.